The van der Waals surface area contributed by atoms with Crippen molar-refractivity contribution in [2.24, 2.45) is 11.7 Å². The molecule has 1 amide bonds. The Hall–Kier alpha value is -1.82. The quantitative estimate of drug-likeness (QED) is 0.780. The molecule has 0 saturated carbocycles. The Kier molecular flexibility index (Phi) is 5.57. The standard InChI is InChI=1S/C13H18N2O3S/c1-4-9(12(14)19)13(16)15-10-6-5-8(17-2)7-11(10)18-3/h5-7,9H,4H2,1-3H3,(H2,14,19)(H,15,16). The van der Waals surface area contributed by atoms with Gasteiger partial charge in [0.25, 0.3) is 0 Å². The second-order valence-electron chi connectivity index (χ2n) is 3.92. The van der Waals surface area contributed by atoms with E-state index in [4.69, 9.17) is 27.4 Å². The van der Waals surface area contributed by atoms with E-state index in [1.807, 2.05) is 6.92 Å². The average Bonchev–Trinajstić information content (AvgIpc) is 2.39. The lowest BCUT2D eigenvalue weighted by Crippen LogP contribution is -2.32. The first-order chi connectivity index (χ1) is 9.03. The van der Waals surface area contributed by atoms with Crippen molar-refractivity contribution >= 4 is 28.8 Å². The summed E-state index contributed by atoms with van der Waals surface area (Å²) in [7, 11) is 3.09. The van der Waals surface area contributed by atoms with Crippen LogP contribution in [0.5, 0.6) is 11.5 Å². The Labute approximate surface area is 118 Å². The second-order valence-corrected chi connectivity index (χ2v) is 4.39. The van der Waals surface area contributed by atoms with Crippen LogP contribution in [0.15, 0.2) is 18.2 Å². The number of anilines is 1. The first-order valence-corrected chi connectivity index (χ1v) is 6.26. The third kappa shape index (κ3) is 3.82. The molecule has 0 aliphatic rings. The molecule has 0 fully saturated rings. The summed E-state index contributed by atoms with van der Waals surface area (Å²) in [6.07, 6.45) is 0.555. The summed E-state index contributed by atoms with van der Waals surface area (Å²) in [4.78, 5) is 12.2. The fourth-order valence-corrected chi connectivity index (χ4v) is 1.91. The number of thiocarbonyl (C=S) groups is 1. The van der Waals surface area contributed by atoms with Gasteiger partial charge < -0.3 is 20.5 Å². The summed E-state index contributed by atoms with van der Waals surface area (Å²) in [5.74, 6) is 0.446. The van der Waals surface area contributed by atoms with Gasteiger partial charge in [0.15, 0.2) is 0 Å². The van der Waals surface area contributed by atoms with Gasteiger partial charge in [0, 0.05) is 6.07 Å². The topological polar surface area (TPSA) is 73.6 Å². The van der Waals surface area contributed by atoms with E-state index >= 15 is 0 Å². The Balaban J connectivity index is 2.92. The molecule has 0 aliphatic heterocycles. The maximum Gasteiger partial charge on any atom is 0.234 e. The van der Waals surface area contributed by atoms with Gasteiger partial charge in [-0.3, -0.25) is 4.79 Å². The molecule has 104 valence electrons. The summed E-state index contributed by atoms with van der Waals surface area (Å²) in [6, 6.07) is 5.14. The number of rotatable bonds is 6. The number of carbonyl (C=O) groups is 1. The van der Waals surface area contributed by atoms with Crippen LogP contribution in [0.25, 0.3) is 0 Å². The zero-order chi connectivity index (χ0) is 14.4. The van der Waals surface area contributed by atoms with Gasteiger partial charge in [-0.25, -0.2) is 0 Å². The minimum absolute atomic E-state index is 0.187. The van der Waals surface area contributed by atoms with Crippen LogP contribution in [0.4, 0.5) is 5.69 Å². The summed E-state index contributed by atoms with van der Waals surface area (Å²) >= 11 is 4.88. The molecule has 1 aromatic rings. The molecule has 0 spiro atoms. The van der Waals surface area contributed by atoms with E-state index in [0.29, 0.717) is 23.6 Å². The lowest BCUT2D eigenvalue weighted by molar-refractivity contribution is -0.118. The molecule has 1 unspecified atom stereocenters. The van der Waals surface area contributed by atoms with E-state index in [9.17, 15) is 4.79 Å². The molecule has 0 aromatic heterocycles. The van der Waals surface area contributed by atoms with Gasteiger partial charge in [0.1, 0.15) is 11.5 Å². The van der Waals surface area contributed by atoms with Gasteiger partial charge >= 0.3 is 0 Å². The fourth-order valence-electron chi connectivity index (χ4n) is 1.64. The Bertz CT molecular complexity index is 477. The van der Waals surface area contributed by atoms with E-state index < -0.39 is 5.92 Å². The lowest BCUT2D eigenvalue weighted by Gasteiger charge is -2.15. The molecule has 1 atom stereocenters. The largest absolute Gasteiger partial charge is 0.497 e. The smallest absolute Gasteiger partial charge is 0.234 e. The fraction of sp³-hybridized carbons (Fsp3) is 0.385. The molecular weight excluding hydrogens is 264 g/mol. The van der Waals surface area contributed by atoms with Gasteiger partial charge in [-0.2, -0.15) is 0 Å². The molecule has 0 aliphatic carbocycles. The van der Waals surface area contributed by atoms with Crippen LogP contribution in [0.1, 0.15) is 13.3 Å². The van der Waals surface area contributed by atoms with Crippen LogP contribution < -0.4 is 20.5 Å². The highest BCUT2D eigenvalue weighted by atomic mass is 32.1. The van der Waals surface area contributed by atoms with Crippen LogP contribution >= 0.6 is 12.2 Å². The molecule has 3 N–H and O–H groups in total. The summed E-state index contributed by atoms with van der Waals surface area (Å²) in [6.45, 7) is 1.86. The number of ether oxygens (including phenoxy) is 2. The minimum Gasteiger partial charge on any atom is -0.497 e. The Morgan fingerprint density at radius 1 is 1.42 bits per heavy atom. The van der Waals surface area contributed by atoms with Gasteiger partial charge in [0.05, 0.1) is 30.8 Å². The highest BCUT2D eigenvalue weighted by molar-refractivity contribution is 7.80. The number of benzene rings is 1. The van der Waals surface area contributed by atoms with Crippen molar-refractivity contribution in [2.75, 3.05) is 19.5 Å². The van der Waals surface area contributed by atoms with Crippen molar-refractivity contribution < 1.29 is 14.3 Å². The zero-order valence-electron chi connectivity index (χ0n) is 11.2. The maximum atomic E-state index is 12.0. The molecular formula is C13H18N2O3S. The van der Waals surface area contributed by atoms with Crippen molar-refractivity contribution in [1.29, 1.82) is 0 Å². The highest BCUT2D eigenvalue weighted by Crippen LogP contribution is 2.29. The van der Waals surface area contributed by atoms with Crippen LogP contribution in [-0.2, 0) is 4.79 Å². The van der Waals surface area contributed by atoms with Crippen LogP contribution in [0, 0.1) is 5.92 Å². The van der Waals surface area contributed by atoms with Crippen LogP contribution in [-0.4, -0.2) is 25.1 Å². The van der Waals surface area contributed by atoms with Crippen molar-refractivity contribution in [3.63, 3.8) is 0 Å². The average molecular weight is 282 g/mol. The summed E-state index contributed by atoms with van der Waals surface area (Å²) < 4.78 is 10.3. The predicted molar refractivity (Wildman–Crippen MR) is 78.7 cm³/mol. The maximum absolute atomic E-state index is 12.0. The zero-order valence-corrected chi connectivity index (χ0v) is 12.0. The van der Waals surface area contributed by atoms with Crippen molar-refractivity contribution in [3.05, 3.63) is 18.2 Å². The number of nitrogens with one attached hydrogen (secondary N) is 1. The van der Waals surface area contributed by atoms with Crippen molar-refractivity contribution in [1.82, 2.24) is 0 Å². The van der Waals surface area contributed by atoms with Gasteiger partial charge in [-0.1, -0.05) is 19.1 Å². The van der Waals surface area contributed by atoms with Gasteiger partial charge in [0.2, 0.25) is 5.91 Å². The summed E-state index contributed by atoms with van der Waals surface area (Å²) in [5, 5.41) is 2.76. The van der Waals surface area contributed by atoms with Crippen LogP contribution in [0.3, 0.4) is 0 Å². The minimum atomic E-state index is -0.484. The van der Waals surface area contributed by atoms with E-state index in [1.54, 1.807) is 25.3 Å². The molecule has 6 heteroatoms. The van der Waals surface area contributed by atoms with Crippen molar-refractivity contribution in [2.45, 2.75) is 13.3 Å². The molecule has 0 bridgehead atoms. The number of amides is 1. The number of methoxy groups -OCH3 is 2. The SMILES string of the molecule is CCC(C(=O)Nc1ccc(OC)cc1OC)C(N)=S. The number of hydrogen-bond donors (Lipinski definition) is 2. The molecule has 19 heavy (non-hydrogen) atoms. The van der Waals surface area contributed by atoms with Gasteiger partial charge in [-0.05, 0) is 18.6 Å². The monoisotopic (exact) mass is 282 g/mol. The van der Waals surface area contributed by atoms with Crippen molar-refractivity contribution in [3.8, 4) is 11.5 Å². The normalized spacial score (nSPS) is 11.5. The third-order valence-corrected chi connectivity index (χ3v) is 3.02. The van der Waals surface area contributed by atoms with E-state index in [0.717, 1.165) is 0 Å². The molecule has 0 radical (unpaired) electrons. The first-order valence-electron chi connectivity index (χ1n) is 5.85. The van der Waals surface area contributed by atoms with E-state index in [1.165, 1.54) is 7.11 Å². The molecule has 5 nitrogen and oxygen atoms in total. The van der Waals surface area contributed by atoms with E-state index in [-0.39, 0.29) is 10.9 Å². The lowest BCUT2D eigenvalue weighted by atomic mass is 10.1. The number of hydrogen-bond acceptors (Lipinski definition) is 4. The molecule has 1 aromatic carbocycles. The molecule has 0 heterocycles. The highest BCUT2D eigenvalue weighted by Gasteiger charge is 2.20. The number of nitrogens with two attached hydrogens (primary N) is 1. The Morgan fingerprint density at radius 3 is 2.58 bits per heavy atom. The van der Waals surface area contributed by atoms with E-state index in [2.05, 4.69) is 5.32 Å². The number of carbonyl (C=O) groups excluding carboxylic acids is 1. The first kappa shape index (κ1) is 15.2. The summed E-state index contributed by atoms with van der Waals surface area (Å²) in [5.41, 5.74) is 6.10. The predicted octanol–water partition coefficient (Wildman–Crippen LogP) is 1.95. The van der Waals surface area contributed by atoms with Gasteiger partial charge in [-0.15, -0.1) is 0 Å². The second kappa shape index (κ2) is 6.94. The molecule has 0 saturated heterocycles. The third-order valence-electron chi connectivity index (χ3n) is 2.73. The van der Waals surface area contributed by atoms with Crippen LogP contribution in [0.2, 0.25) is 0 Å². The molecule has 1 rings (SSSR count). The Morgan fingerprint density at radius 2 is 2.11 bits per heavy atom.